The Labute approximate surface area is 149 Å². The van der Waals surface area contributed by atoms with E-state index in [1.807, 2.05) is 18.5 Å². The minimum Gasteiger partial charge on any atom is -0.375 e. The molecule has 2 fully saturated rings. The Morgan fingerprint density at radius 2 is 2.12 bits per heavy atom. The van der Waals surface area contributed by atoms with Crippen molar-refractivity contribution in [1.82, 2.24) is 20.3 Å². The number of nitrogens with zero attached hydrogens (tertiary/aromatic N) is 2. The number of hydrogen-bond acceptors (Lipinski definition) is 4. The first-order valence-corrected chi connectivity index (χ1v) is 9.54. The summed E-state index contributed by atoms with van der Waals surface area (Å²) in [5.41, 5.74) is 2.60. The number of ether oxygens (including phenoxy) is 1. The highest BCUT2D eigenvalue weighted by Crippen LogP contribution is 2.49. The number of rotatable bonds is 6. The molecule has 5 nitrogen and oxygen atoms in total. The Morgan fingerprint density at radius 3 is 2.88 bits per heavy atom. The fourth-order valence-corrected chi connectivity index (χ4v) is 4.73. The van der Waals surface area contributed by atoms with Crippen LogP contribution in [-0.4, -0.2) is 33.7 Å². The molecule has 134 valence electrons. The second-order valence-corrected chi connectivity index (χ2v) is 7.66. The average Bonchev–Trinajstić information content (AvgIpc) is 3.32. The molecule has 0 bridgehead atoms. The summed E-state index contributed by atoms with van der Waals surface area (Å²) in [5.74, 6) is 0. The largest absolute Gasteiger partial charge is 0.375 e. The molecule has 3 heterocycles. The van der Waals surface area contributed by atoms with E-state index in [9.17, 15) is 0 Å². The molecule has 0 unspecified atom stereocenters. The fourth-order valence-electron chi connectivity index (χ4n) is 4.73. The van der Waals surface area contributed by atoms with E-state index in [1.54, 1.807) is 6.33 Å². The monoisotopic (exact) mass is 340 g/mol. The Morgan fingerprint density at radius 1 is 1.20 bits per heavy atom. The van der Waals surface area contributed by atoms with Crippen molar-refractivity contribution in [2.75, 3.05) is 13.2 Å². The lowest BCUT2D eigenvalue weighted by molar-refractivity contribution is -0.104. The van der Waals surface area contributed by atoms with Crippen LogP contribution in [0.15, 0.2) is 36.9 Å². The first-order valence-electron chi connectivity index (χ1n) is 9.54. The van der Waals surface area contributed by atoms with Crippen LogP contribution in [0.2, 0.25) is 0 Å². The van der Waals surface area contributed by atoms with E-state index in [0.29, 0.717) is 0 Å². The van der Waals surface area contributed by atoms with Crippen molar-refractivity contribution in [2.24, 2.45) is 0 Å². The number of aromatic amines is 1. The van der Waals surface area contributed by atoms with Crippen LogP contribution in [0.3, 0.4) is 0 Å². The minimum atomic E-state index is 0.0964. The molecule has 2 aromatic heterocycles. The van der Waals surface area contributed by atoms with Crippen molar-refractivity contribution < 1.29 is 4.74 Å². The SMILES string of the molecule is c1ccc([C@@]2(CCNCc3cnc[nH]3)CCOC3(CCCC3)C2)nc1. The van der Waals surface area contributed by atoms with Gasteiger partial charge in [0.05, 0.1) is 11.9 Å². The zero-order valence-electron chi connectivity index (χ0n) is 14.8. The number of aromatic nitrogens is 3. The molecule has 5 heteroatoms. The topological polar surface area (TPSA) is 62.8 Å². The van der Waals surface area contributed by atoms with Gasteiger partial charge < -0.3 is 15.0 Å². The maximum Gasteiger partial charge on any atom is 0.0922 e. The third-order valence-corrected chi connectivity index (χ3v) is 6.02. The lowest BCUT2D eigenvalue weighted by atomic mass is 9.68. The summed E-state index contributed by atoms with van der Waals surface area (Å²) in [7, 11) is 0. The Balaban J connectivity index is 1.48. The molecule has 0 aromatic carbocycles. The molecular weight excluding hydrogens is 312 g/mol. The summed E-state index contributed by atoms with van der Waals surface area (Å²) in [6, 6.07) is 6.35. The third-order valence-electron chi connectivity index (χ3n) is 6.02. The highest BCUT2D eigenvalue weighted by Gasteiger charge is 2.48. The molecule has 1 atom stereocenters. The molecule has 0 amide bonds. The van der Waals surface area contributed by atoms with Crippen molar-refractivity contribution in [2.45, 2.75) is 62.5 Å². The Kier molecular flexibility index (Phi) is 4.86. The van der Waals surface area contributed by atoms with Crippen LogP contribution in [0.25, 0.3) is 0 Å². The van der Waals surface area contributed by atoms with Gasteiger partial charge in [0.25, 0.3) is 0 Å². The molecule has 2 N–H and O–H groups in total. The summed E-state index contributed by atoms with van der Waals surface area (Å²) in [5, 5.41) is 3.57. The van der Waals surface area contributed by atoms with E-state index in [1.165, 1.54) is 31.4 Å². The molecule has 1 spiro atoms. The van der Waals surface area contributed by atoms with Gasteiger partial charge in [-0.15, -0.1) is 0 Å². The lowest BCUT2D eigenvalue weighted by Gasteiger charge is -2.46. The van der Waals surface area contributed by atoms with Gasteiger partial charge in [0, 0.05) is 42.3 Å². The smallest absolute Gasteiger partial charge is 0.0922 e. The van der Waals surface area contributed by atoms with Gasteiger partial charge in [-0.3, -0.25) is 4.98 Å². The highest BCUT2D eigenvalue weighted by molar-refractivity contribution is 5.20. The van der Waals surface area contributed by atoms with Crippen molar-refractivity contribution in [3.05, 3.63) is 48.3 Å². The zero-order chi connectivity index (χ0) is 17.0. The number of H-pyrrole nitrogens is 1. The van der Waals surface area contributed by atoms with Crippen molar-refractivity contribution >= 4 is 0 Å². The van der Waals surface area contributed by atoms with Gasteiger partial charge in [-0.1, -0.05) is 18.9 Å². The number of imidazole rings is 1. The van der Waals surface area contributed by atoms with Crippen LogP contribution < -0.4 is 5.32 Å². The van der Waals surface area contributed by atoms with E-state index in [4.69, 9.17) is 9.72 Å². The fraction of sp³-hybridized carbons (Fsp3) is 0.600. The summed E-state index contributed by atoms with van der Waals surface area (Å²) in [6.07, 6.45) is 13.9. The molecule has 25 heavy (non-hydrogen) atoms. The normalized spacial score (nSPS) is 25.4. The summed E-state index contributed by atoms with van der Waals surface area (Å²) >= 11 is 0. The summed E-state index contributed by atoms with van der Waals surface area (Å²) < 4.78 is 6.31. The lowest BCUT2D eigenvalue weighted by Crippen LogP contribution is -2.47. The van der Waals surface area contributed by atoms with Crippen LogP contribution in [0.4, 0.5) is 0 Å². The standard InChI is InChI=1S/C20H28N4O/c1-4-10-23-18(5-1)19(8-11-21-13-17-14-22-16-24-17)9-12-25-20(15-19)6-2-3-7-20/h1,4-5,10,14,16,21H,2-3,6-9,11-13,15H2,(H,22,24)/t19-/m0/s1. The number of nitrogens with one attached hydrogen (secondary N) is 2. The molecule has 1 aliphatic heterocycles. The van der Waals surface area contributed by atoms with Crippen LogP contribution in [0.5, 0.6) is 0 Å². The predicted molar refractivity (Wildman–Crippen MR) is 97.2 cm³/mol. The van der Waals surface area contributed by atoms with E-state index >= 15 is 0 Å². The maximum absolute atomic E-state index is 6.31. The first kappa shape index (κ1) is 16.7. The van der Waals surface area contributed by atoms with Gasteiger partial charge in [0.1, 0.15) is 0 Å². The average molecular weight is 340 g/mol. The second kappa shape index (κ2) is 7.26. The molecule has 1 saturated heterocycles. The van der Waals surface area contributed by atoms with E-state index in [0.717, 1.165) is 44.7 Å². The van der Waals surface area contributed by atoms with Gasteiger partial charge >= 0.3 is 0 Å². The van der Waals surface area contributed by atoms with Gasteiger partial charge in [-0.05, 0) is 50.8 Å². The quantitative estimate of drug-likeness (QED) is 0.792. The molecule has 2 aliphatic rings. The van der Waals surface area contributed by atoms with Crippen molar-refractivity contribution in [1.29, 1.82) is 0 Å². The zero-order valence-corrected chi connectivity index (χ0v) is 14.8. The van der Waals surface area contributed by atoms with Crippen LogP contribution in [0.1, 0.15) is 56.3 Å². The van der Waals surface area contributed by atoms with E-state index < -0.39 is 0 Å². The van der Waals surface area contributed by atoms with E-state index in [-0.39, 0.29) is 11.0 Å². The predicted octanol–water partition coefficient (Wildman–Crippen LogP) is 3.35. The molecule has 1 saturated carbocycles. The number of pyridine rings is 1. The van der Waals surface area contributed by atoms with Crippen LogP contribution >= 0.6 is 0 Å². The second-order valence-electron chi connectivity index (χ2n) is 7.66. The molecule has 0 radical (unpaired) electrons. The van der Waals surface area contributed by atoms with Crippen molar-refractivity contribution in [3.8, 4) is 0 Å². The number of hydrogen-bond donors (Lipinski definition) is 2. The molecule has 2 aromatic rings. The third kappa shape index (κ3) is 3.62. The van der Waals surface area contributed by atoms with E-state index in [2.05, 4.69) is 27.4 Å². The first-order chi connectivity index (χ1) is 12.3. The Bertz CT molecular complexity index is 652. The Hall–Kier alpha value is -1.72. The summed E-state index contributed by atoms with van der Waals surface area (Å²) in [6.45, 7) is 2.67. The summed E-state index contributed by atoms with van der Waals surface area (Å²) in [4.78, 5) is 12.0. The van der Waals surface area contributed by atoms with Gasteiger partial charge in [-0.2, -0.15) is 0 Å². The minimum absolute atomic E-state index is 0.0964. The van der Waals surface area contributed by atoms with Gasteiger partial charge in [0.2, 0.25) is 0 Å². The maximum atomic E-state index is 6.31. The van der Waals surface area contributed by atoms with Crippen LogP contribution in [0, 0.1) is 0 Å². The highest BCUT2D eigenvalue weighted by atomic mass is 16.5. The molecular formula is C20H28N4O. The van der Waals surface area contributed by atoms with Gasteiger partial charge in [0.15, 0.2) is 0 Å². The molecule has 4 rings (SSSR count). The van der Waals surface area contributed by atoms with Crippen molar-refractivity contribution in [3.63, 3.8) is 0 Å². The van der Waals surface area contributed by atoms with Crippen LogP contribution in [-0.2, 0) is 16.7 Å². The van der Waals surface area contributed by atoms with Gasteiger partial charge in [-0.25, -0.2) is 4.98 Å². The molecule has 1 aliphatic carbocycles.